The summed E-state index contributed by atoms with van der Waals surface area (Å²) in [4.78, 5) is 22.2. The average molecular weight is 658 g/mol. The zero-order valence-corrected chi connectivity index (χ0v) is 28.4. The molecule has 0 aliphatic carbocycles. The molecular weight excluding hydrogens is 610 g/mol. The zero-order valence-electron chi connectivity index (χ0n) is 27.6. The molecule has 1 aliphatic rings. The molecule has 2 aromatic heterocycles. The average Bonchev–Trinajstić information content (AvgIpc) is 3.37. The molecule has 252 valence electrons. The molecule has 1 aliphatic heterocycles. The number of aryl methyl sites for hydroxylation is 2. The minimum atomic E-state index is -4.06. The van der Waals surface area contributed by atoms with Crippen molar-refractivity contribution in [3.8, 4) is 5.75 Å². The molecule has 0 bridgehead atoms. The minimum Gasteiger partial charge on any atom is -0.490 e. The number of aromatic nitrogens is 2. The van der Waals surface area contributed by atoms with E-state index in [4.69, 9.17) is 14.0 Å². The number of aliphatic hydroxyl groups excluding tert-OH is 1. The van der Waals surface area contributed by atoms with Crippen molar-refractivity contribution in [1.29, 1.82) is 0 Å². The van der Waals surface area contributed by atoms with Crippen molar-refractivity contribution in [1.82, 2.24) is 19.9 Å². The lowest BCUT2D eigenvalue weighted by molar-refractivity contribution is -0.0177. The number of nitrogens with one attached hydrogen (secondary N) is 1. The molecule has 3 aromatic rings. The smallest absolute Gasteiger partial charge is 0.267 e. The van der Waals surface area contributed by atoms with Gasteiger partial charge >= 0.3 is 0 Å². The van der Waals surface area contributed by atoms with Crippen molar-refractivity contribution in [2.24, 2.45) is 5.92 Å². The fraction of sp³-hybridized carbons (Fsp3) is 0.545. The molecule has 3 heterocycles. The molecule has 0 fully saturated rings. The van der Waals surface area contributed by atoms with Crippen LogP contribution in [0.5, 0.6) is 5.75 Å². The van der Waals surface area contributed by atoms with Crippen molar-refractivity contribution < 1.29 is 32.3 Å². The van der Waals surface area contributed by atoms with Gasteiger partial charge in [-0.05, 0) is 89.9 Å². The van der Waals surface area contributed by atoms with Gasteiger partial charge in [-0.3, -0.25) is 19.4 Å². The van der Waals surface area contributed by atoms with Gasteiger partial charge in [0.1, 0.15) is 11.4 Å². The minimum absolute atomic E-state index is 0.0481. The van der Waals surface area contributed by atoms with E-state index in [9.17, 15) is 18.3 Å². The molecule has 0 unspecified atom stereocenters. The van der Waals surface area contributed by atoms with E-state index in [1.807, 2.05) is 26.1 Å². The second-order valence-corrected chi connectivity index (χ2v) is 13.9. The maximum Gasteiger partial charge on any atom is 0.267 e. The largest absolute Gasteiger partial charge is 0.490 e. The molecule has 4 rings (SSSR count). The van der Waals surface area contributed by atoms with Crippen LogP contribution in [0.25, 0.3) is 0 Å². The van der Waals surface area contributed by atoms with Gasteiger partial charge in [-0.25, -0.2) is 8.42 Å². The third kappa shape index (κ3) is 9.05. The Hall–Kier alpha value is -3.52. The molecule has 2 N–H and O–H groups in total. The Morgan fingerprint density at radius 1 is 1.15 bits per heavy atom. The molecule has 1 amide bonds. The lowest BCUT2D eigenvalue weighted by atomic mass is 10.0. The summed E-state index contributed by atoms with van der Waals surface area (Å²) < 4.78 is 46.9. The summed E-state index contributed by atoms with van der Waals surface area (Å²) in [5.74, 6) is 0.0411. The van der Waals surface area contributed by atoms with E-state index < -0.39 is 16.1 Å². The normalized spacial score (nSPS) is 20.9. The predicted octanol–water partition coefficient (Wildman–Crippen LogP) is 4.41. The lowest BCUT2D eigenvalue weighted by Gasteiger charge is -2.36. The number of amides is 1. The SMILES string of the molecule is Cc1noc(C)c1S(=O)(=O)Nc1ccc2c(c1)C(=O)N([C@@H](C)CO)C[C@H](C)[C@@H](CN(C)Cc1ccncc1)OCCCC[C@H](C)O2. The van der Waals surface area contributed by atoms with Crippen LogP contribution in [0, 0.1) is 19.8 Å². The number of rotatable bonds is 9. The second kappa shape index (κ2) is 15.9. The standard InChI is InChI=1S/C33H47N5O7S/c1-22-18-38(23(2)21-39)33(40)29-17-28(36-46(41,42)32-25(4)35-45-26(32)5)10-11-30(29)44-24(3)9-7-8-16-43-31(22)20-37(6)19-27-12-14-34-15-13-27/h10-15,17,22-24,31,36,39H,7-9,16,18-21H2,1-6H3/t22-,23-,24-,31+/m0/s1. The van der Waals surface area contributed by atoms with Gasteiger partial charge in [0.15, 0.2) is 10.7 Å². The number of fused-ring (bicyclic) bond motifs is 1. The highest BCUT2D eigenvalue weighted by molar-refractivity contribution is 7.92. The lowest BCUT2D eigenvalue weighted by Crippen LogP contribution is -2.47. The van der Waals surface area contributed by atoms with E-state index in [1.54, 1.807) is 43.3 Å². The molecule has 1 aromatic carbocycles. The van der Waals surface area contributed by atoms with Crippen LogP contribution in [0.2, 0.25) is 0 Å². The highest BCUT2D eigenvalue weighted by Crippen LogP contribution is 2.30. The Kier molecular flexibility index (Phi) is 12.2. The number of carbonyl (C=O) groups is 1. The van der Waals surface area contributed by atoms with Gasteiger partial charge in [-0.1, -0.05) is 12.1 Å². The quantitative estimate of drug-likeness (QED) is 0.339. The molecule has 0 spiro atoms. The number of nitrogens with zero attached hydrogens (tertiary/aromatic N) is 4. The van der Waals surface area contributed by atoms with Gasteiger partial charge in [-0.2, -0.15) is 0 Å². The van der Waals surface area contributed by atoms with Gasteiger partial charge in [0.05, 0.1) is 30.4 Å². The number of pyridine rings is 1. The van der Waals surface area contributed by atoms with Crippen LogP contribution in [-0.4, -0.2) is 91.0 Å². The summed E-state index contributed by atoms with van der Waals surface area (Å²) in [5.41, 5.74) is 1.76. The first kappa shape index (κ1) is 35.3. The van der Waals surface area contributed by atoms with Gasteiger partial charge in [0.2, 0.25) is 0 Å². The van der Waals surface area contributed by atoms with Gasteiger partial charge in [-0.15, -0.1) is 0 Å². The third-order valence-corrected chi connectivity index (χ3v) is 9.86. The van der Waals surface area contributed by atoms with Crippen molar-refractivity contribution >= 4 is 21.6 Å². The molecule has 0 saturated heterocycles. The van der Waals surface area contributed by atoms with Crippen LogP contribution in [0.15, 0.2) is 52.1 Å². The first-order chi connectivity index (χ1) is 21.9. The van der Waals surface area contributed by atoms with E-state index in [-0.39, 0.29) is 58.2 Å². The van der Waals surface area contributed by atoms with Gasteiger partial charge in [0, 0.05) is 50.2 Å². The number of benzene rings is 1. The highest BCUT2D eigenvalue weighted by Gasteiger charge is 2.31. The number of carbonyl (C=O) groups excluding carboxylic acids is 1. The fourth-order valence-corrected chi connectivity index (χ4v) is 7.07. The van der Waals surface area contributed by atoms with E-state index in [2.05, 4.69) is 26.7 Å². The first-order valence-electron chi connectivity index (χ1n) is 15.8. The topological polar surface area (TPSA) is 147 Å². The number of hydrogen-bond acceptors (Lipinski definition) is 10. The van der Waals surface area contributed by atoms with E-state index >= 15 is 0 Å². The Labute approximate surface area is 272 Å². The number of ether oxygens (including phenoxy) is 2. The molecule has 46 heavy (non-hydrogen) atoms. The number of sulfonamides is 1. The Bertz CT molecular complexity index is 1530. The fourth-order valence-electron chi connectivity index (χ4n) is 5.68. The summed E-state index contributed by atoms with van der Waals surface area (Å²) in [6.45, 7) is 10.9. The van der Waals surface area contributed by atoms with Crippen LogP contribution in [0.4, 0.5) is 5.69 Å². The van der Waals surface area contributed by atoms with Crippen molar-refractivity contribution in [2.45, 2.75) is 83.6 Å². The molecule has 12 nitrogen and oxygen atoms in total. The molecule has 13 heteroatoms. The Balaban J connectivity index is 1.66. The summed E-state index contributed by atoms with van der Waals surface area (Å²) in [6.07, 6.45) is 5.65. The zero-order chi connectivity index (χ0) is 33.4. The van der Waals surface area contributed by atoms with Gasteiger partial charge in [0.25, 0.3) is 15.9 Å². The molecular formula is C33H47N5O7S. The van der Waals surface area contributed by atoms with E-state index in [0.717, 1.165) is 31.4 Å². The van der Waals surface area contributed by atoms with E-state index in [0.29, 0.717) is 25.4 Å². The third-order valence-electron chi connectivity index (χ3n) is 8.23. The van der Waals surface area contributed by atoms with Crippen LogP contribution >= 0.6 is 0 Å². The summed E-state index contributed by atoms with van der Waals surface area (Å²) in [5, 5.41) is 14.0. The maximum atomic E-state index is 14.4. The highest BCUT2D eigenvalue weighted by atomic mass is 32.2. The first-order valence-corrected chi connectivity index (χ1v) is 17.2. The van der Waals surface area contributed by atoms with Crippen LogP contribution < -0.4 is 9.46 Å². The summed E-state index contributed by atoms with van der Waals surface area (Å²) >= 11 is 0. The van der Waals surface area contributed by atoms with Crippen molar-refractivity contribution in [2.75, 3.05) is 38.1 Å². The van der Waals surface area contributed by atoms with Crippen LogP contribution in [-0.2, 0) is 21.3 Å². The van der Waals surface area contributed by atoms with Gasteiger partial charge < -0.3 is 24.0 Å². The molecule has 0 radical (unpaired) electrons. The number of anilines is 1. The molecule has 4 atom stereocenters. The number of likely N-dealkylation sites (N-methyl/N-ethyl adjacent to an activating group) is 1. The second-order valence-electron chi connectivity index (χ2n) is 12.3. The number of hydrogen-bond donors (Lipinski definition) is 2. The van der Waals surface area contributed by atoms with Crippen molar-refractivity contribution in [3.05, 3.63) is 65.3 Å². The van der Waals surface area contributed by atoms with Crippen LogP contribution in [0.3, 0.4) is 0 Å². The predicted molar refractivity (Wildman–Crippen MR) is 174 cm³/mol. The summed E-state index contributed by atoms with van der Waals surface area (Å²) in [6, 6.07) is 8.13. The number of aliphatic hydroxyl groups is 1. The Morgan fingerprint density at radius 3 is 2.57 bits per heavy atom. The molecule has 0 saturated carbocycles. The monoisotopic (exact) mass is 657 g/mol. The maximum absolute atomic E-state index is 14.4. The summed E-state index contributed by atoms with van der Waals surface area (Å²) in [7, 11) is -2.01. The van der Waals surface area contributed by atoms with Crippen molar-refractivity contribution in [3.63, 3.8) is 0 Å². The van der Waals surface area contributed by atoms with Crippen LogP contribution in [0.1, 0.15) is 67.4 Å². The van der Waals surface area contributed by atoms with E-state index in [1.165, 1.54) is 13.0 Å². The Morgan fingerprint density at radius 2 is 1.89 bits per heavy atom.